The molecule has 0 saturated heterocycles. The van der Waals surface area contributed by atoms with Gasteiger partial charge in [0.05, 0.1) is 39.9 Å². The van der Waals surface area contributed by atoms with Crippen molar-refractivity contribution < 1.29 is 57.6 Å². The van der Waals surface area contributed by atoms with Gasteiger partial charge in [0, 0.05) is 71.7 Å². The topological polar surface area (TPSA) is 193 Å². The molecule has 2 spiro atoms. The highest BCUT2D eigenvalue weighted by Crippen LogP contribution is 2.46. The van der Waals surface area contributed by atoms with Crippen LogP contribution >= 0.6 is 58.0 Å². The Morgan fingerprint density at radius 3 is 1.54 bits per heavy atom. The van der Waals surface area contributed by atoms with Crippen molar-refractivity contribution in [1.82, 2.24) is 10.6 Å². The van der Waals surface area contributed by atoms with Crippen LogP contribution in [0.3, 0.4) is 0 Å². The van der Waals surface area contributed by atoms with E-state index in [1.807, 2.05) is 13.8 Å². The summed E-state index contributed by atoms with van der Waals surface area (Å²) in [6.07, 6.45) is 1.78. The third kappa shape index (κ3) is 12.6. The maximum Gasteiger partial charge on any atom is 0.513 e. The predicted octanol–water partition coefficient (Wildman–Crippen LogP) is 9.20. The van der Waals surface area contributed by atoms with E-state index in [2.05, 4.69) is 15.4 Å². The van der Waals surface area contributed by atoms with Crippen molar-refractivity contribution in [1.29, 1.82) is 0 Å². The van der Waals surface area contributed by atoms with E-state index in [1.54, 1.807) is 32.0 Å². The molecule has 2 amide bonds. The minimum atomic E-state index is -0.964. The van der Waals surface area contributed by atoms with E-state index in [4.69, 9.17) is 77.0 Å². The molecule has 2 heterocycles. The molecular weight excluding hydrogens is 902 g/mol. The number of benzene rings is 2. The number of hydrogen-bond acceptors (Lipinski definition) is 12. The van der Waals surface area contributed by atoms with Crippen LogP contribution in [0, 0.1) is 13.8 Å². The Morgan fingerprint density at radius 2 is 1.08 bits per heavy atom. The number of aliphatic hydroxyl groups excluding tert-OH is 1. The predicted molar refractivity (Wildman–Crippen MR) is 230 cm³/mol. The van der Waals surface area contributed by atoms with Crippen LogP contribution in [-0.4, -0.2) is 90.8 Å². The number of rotatable bonds is 11. The van der Waals surface area contributed by atoms with Gasteiger partial charge in [-0.3, -0.25) is 19.2 Å². The maximum atomic E-state index is 13.0. The SMILES string of the molecule is CCOCCOC(=O)Cl.CCOCCOC(=O)OC1=C(c2c(C)cc(Cl)cc2Cl)C(=O)NC12CCC(=O)CC2.Cc1cc(Cl)cc(Cl)c1C1=C(O)C2(CCC(=O)CC2)NC1=O. The number of hydrogen-bond donors (Lipinski definition) is 3. The van der Waals surface area contributed by atoms with Gasteiger partial charge in [-0.05, 0) is 88.8 Å². The van der Waals surface area contributed by atoms with Gasteiger partial charge in [0.2, 0.25) is 0 Å². The van der Waals surface area contributed by atoms with E-state index >= 15 is 0 Å². The normalized spacial score (nSPS) is 17.7. The summed E-state index contributed by atoms with van der Waals surface area (Å²) in [4.78, 5) is 70.9. The van der Waals surface area contributed by atoms with Gasteiger partial charge < -0.3 is 39.4 Å². The zero-order valence-electron chi connectivity index (χ0n) is 34.0. The van der Waals surface area contributed by atoms with Crippen LogP contribution < -0.4 is 10.6 Å². The molecule has 0 radical (unpaired) electrons. The van der Waals surface area contributed by atoms with Crippen molar-refractivity contribution in [2.24, 2.45) is 0 Å². The summed E-state index contributed by atoms with van der Waals surface area (Å²) in [7, 11) is 0. The average Bonchev–Trinajstić information content (AvgIpc) is 3.57. The van der Waals surface area contributed by atoms with Crippen molar-refractivity contribution in [2.75, 3.05) is 39.6 Å². The molecule has 2 aliphatic heterocycles. The van der Waals surface area contributed by atoms with Crippen molar-refractivity contribution in [3.63, 3.8) is 0 Å². The van der Waals surface area contributed by atoms with Crippen LogP contribution in [0.2, 0.25) is 20.1 Å². The summed E-state index contributed by atoms with van der Waals surface area (Å²) in [5, 5.41) is 18.0. The second-order valence-corrected chi connectivity index (χ2v) is 16.4. The third-order valence-corrected chi connectivity index (χ3v) is 11.5. The first kappa shape index (κ1) is 49.8. The van der Waals surface area contributed by atoms with E-state index in [0.717, 1.165) is 5.56 Å². The Balaban J connectivity index is 0.000000231. The molecule has 2 saturated carbocycles. The Kier molecular flexibility index (Phi) is 18.3. The third-order valence-electron chi connectivity index (χ3n) is 10.3. The Bertz CT molecular complexity index is 2040. The van der Waals surface area contributed by atoms with Crippen LogP contribution in [0.1, 0.15) is 87.5 Å². The second kappa shape index (κ2) is 22.5. The molecule has 6 rings (SSSR count). The summed E-state index contributed by atoms with van der Waals surface area (Å²) in [6.45, 7) is 9.26. The maximum absolute atomic E-state index is 13.0. The smallest absolute Gasteiger partial charge is 0.509 e. The van der Waals surface area contributed by atoms with Crippen molar-refractivity contribution in [3.8, 4) is 0 Å². The summed E-state index contributed by atoms with van der Waals surface area (Å²) < 4.78 is 25.0. The highest BCUT2D eigenvalue weighted by molar-refractivity contribution is 6.61. The van der Waals surface area contributed by atoms with Crippen LogP contribution in [0.5, 0.6) is 0 Å². The number of halogens is 5. The van der Waals surface area contributed by atoms with Gasteiger partial charge in [0.25, 0.3) is 11.8 Å². The number of ether oxygens (including phenoxy) is 5. The number of Topliss-reactive ketones (excluding diaryl/α,β-unsaturated/α-hetero) is 2. The van der Waals surface area contributed by atoms with Gasteiger partial charge in [-0.25, -0.2) is 9.59 Å². The first-order chi connectivity index (χ1) is 28.9. The number of carbonyl (C=O) groups excluding carboxylic acids is 6. The highest BCUT2D eigenvalue weighted by Gasteiger charge is 2.51. The van der Waals surface area contributed by atoms with Crippen LogP contribution in [0.25, 0.3) is 11.1 Å². The van der Waals surface area contributed by atoms with E-state index < -0.39 is 28.6 Å². The number of aryl methyl sites for hydroxylation is 2. The largest absolute Gasteiger partial charge is 0.513 e. The molecule has 61 heavy (non-hydrogen) atoms. The first-order valence-electron chi connectivity index (χ1n) is 19.5. The molecule has 2 aromatic carbocycles. The zero-order valence-corrected chi connectivity index (χ0v) is 37.8. The number of ketones is 2. The molecule has 2 aliphatic carbocycles. The highest BCUT2D eigenvalue weighted by atomic mass is 35.5. The lowest BCUT2D eigenvalue weighted by atomic mass is 9.79. The monoisotopic (exact) mass is 946 g/mol. The number of carbonyl (C=O) groups is 6. The molecule has 0 aromatic heterocycles. The van der Waals surface area contributed by atoms with Gasteiger partial charge >= 0.3 is 11.6 Å². The molecule has 0 atom stereocenters. The molecule has 4 aliphatic rings. The Hall–Kier alpha value is -3.89. The summed E-state index contributed by atoms with van der Waals surface area (Å²) in [5.74, 6) is -0.413. The lowest BCUT2D eigenvalue weighted by Gasteiger charge is -2.34. The molecule has 2 aromatic rings. The van der Waals surface area contributed by atoms with Crippen LogP contribution in [-0.2, 0) is 42.9 Å². The number of amides is 2. The minimum absolute atomic E-state index is 0.0164. The van der Waals surface area contributed by atoms with Crippen LogP contribution in [0.15, 0.2) is 35.8 Å². The number of nitrogens with one attached hydrogen (secondary N) is 2. The van der Waals surface area contributed by atoms with E-state index in [1.165, 1.54) is 6.07 Å². The van der Waals surface area contributed by atoms with Gasteiger partial charge in [-0.1, -0.05) is 46.4 Å². The summed E-state index contributed by atoms with van der Waals surface area (Å²) in [5.41, 5.74) is 0.0723. The molecule has 3 N–H and O–H groups in total. The van der Waals surface area contributed by atoms with E-state index in [0.29, 0.717) is 90.1 Å². The van der Waals surface area contributed by atoms with Crippen molar-refractivity contribution in [3.05, 3.63) is 78.1 Å². The lowest BCUT2D eigenvalue weighted by Crippen LogP contribution is -2.48. The zero-order chi connectivity index (χ0) is 45.1. The molecule has 0 unspecified atom stereocenters. The first-order valence-corrected chi connectivity index (χ1v) is 21.4. The molecule has 332 valence electrons. The van der Waals surface area contributed by atoms with Gasteiger partial charge in [0.1, 0.15) is 36.1 Å². The molecule has 0 bridgehead atoms. The fourth-order valence-corrected chi connectivity index (χ4v) is 8.86. The minimum Gasteiger partial charge on any atom is -0.509 e. The van der Waals surface area contributed by atoms with Gasteiger partial charge in [0.15, 0.2) is 5.76 Å². The van der Waals surface area contributed by atoms with E-state index in [9.17, 15) is 33.9 Å². The van der Waals surface area contributed by atoms with Gasteiger partial charge in [-0.2, -0.15) is 0 Å². The number of aliphatic hydroxyl groups is 1. The molecular formula is C42H47Cl5N2O12. The lowest BCUT2D eigenvalue weighted by molar-refractivity contribution is -0.123. The average molecular weight is 949 g/mol. The van der Waals surface area contributed by atoms with Gasteiger partial charge in [-0.15, -0.1) is 0 Å². The quantitative estimate of drug-likeness (QED) is 0.110. The van der Waals surface area contributed by atoms with E-state index in [-0.39, 0.29) is 77.8 Å². The summed E-state index contributed by atoms with van der Waals surface area (Å²) >= 11 is 29.5. The Morgan fingerprint density at radius 1 is 0.656 bits per heavy atom. The van der Waals surface area contributed by atoms with Crippen molar-refractivity contribution in [2.45, 2.75) is 90.1 Å². The molecule has 2 fully saturated rings. The molecule has 19 heteroatoms. The Labute approximate surface area is 378 Å². The fraction of sp³-hybridized carbons (Fsp3) is 0.476. The van der Waals surface area contributed by atoms with Crippen LogP contribution in [0.4, 0.5) is 9.59 Å². The standard InChI is InChI=1S/C21H23Cl2NO6.C16H15Cl2NO3.C5H9ClO3/c1-3-28-8-9-29-20(27)30-18-17(16-12(2)10-13(22)11-15(16)23)19(26)24-21(18)6-4-14(25)5-7-21;1-8-6-9(17)7-11(18)12(8)13-14(21)16(19-15(13)22)4-2-10(20)3-5-16;1-2-8-3-4-9-5(6)7/h10-11H,3-9H2,1-2H3,(H,24,26);6-7,21H,2-5H2,1H3,(H,19,22);2-4H2,1H3. The fourth-order valence-electron chi connectivity index (χ4n) is 7.40. The summed E-state index contributed by atoms with van der Waals surface area (Å²) in [6, 6.07) is 6.45. The molecule has 14 nitrogen and oxygen atoms in total. The second-order valence-electron chi connectivity index (χ2n) is 14.4. The van der Waals surface area contributed by atoms with Crippen molar-refractivity contribution >= 4 is 104 Å².